The van der Waals surface area contributed by atoms with Crippen molar-refractivity contribution < 1.29 is 30.9 Å². The van der Waals surface area contributed by atoms with Gasteiger partial charge in [-0.25, -0.2) is 12.8 Å². The fraction of sp³-hybridized carbons (Fsp3) is 0.316. The van der Waals surface area contributed by atoms with E-state index in [0.717, 1.165) is 37.3 Å². The highest BCUT2D eigenvalue weighted by Crippen LogP contribution is 2.44. The molecule has 7 nitrogen and oxygen atoms in total. The van der Waals surface area contributed by atoms with Gasteiger partial charge in [-0.1, -0.05) is 12.1 Å². The number of benzene rings is 2. The van der Waals surface area contributed by atoms with Crippen LogP contribution in [-0.4, -0.2) is 24.9 Å². The Balaban J connectivity index is 2.22. The van der Waals surface area contributed by atoms with Crippen molar-refractivity contribution in [1.82, 2.24) is 0 Å². The van der Waals surface area contributed by atoms with E-state index in [1.165, 1.54) is 13.0 Å². The van der Waals surface area contributed by atoms with Crippen molar-refractivity contribution in [2.45, 2.75) is 30.3 Å². The SMILES string of the molecule is C[C@@]1(c2cccc(C(F)(F)F)c2)C(N)=N[C@](C)(c2cc([N+](=O)[O-])ccc2F)CS1(=O)=O. The van der Waals surface area contributed by atoms with Gasteiger partial charge in [-0.05, 0) is 37.6 Å². The van der Waals surface area contributed by atoms with Crippen molar-refractivity contribution in [2.24, 2.45) is 10.7 Å². The summed E-state index contributed by atoms with van der Waals surface area (Å²) in [5.41, 5.74) is 2.01. The molecule has 3 rings (SSSR count). The van der Waals surface area contributed by atoms with Crippen molar-refractivity contribution in [3.63, 3.8) is 0 Å². The Labute approximate surface area is 174 Å². The molecular weight excluding hydrogens is 442 g/mol. The third-order valence-corrected chi connectivity index (χ3v) is 8.06. The van der Waals surface area contributed by atoms with Gasteiger partial charge >= 0.3 is 6.18 Å². The van der Waals surface area contributed by atoms with Gasteiger partial charge in [0.2, 0.25) is 0 Å². The van der Waals surface area contributed by atoms with E-state index in [1.807, 2.05) is 0 Å². The molecule has 0 unspecified atom stereocenters. The normalized spacial score (nSPS) is 25.7. The number of nitrogens with zero attached hydrogens (tertiary/aromatic N) is 2. The summed E-state index contributed by atoms with van der Waals surface area (Å²) in [5, 5.41) is 11.1. The molecule has 0 aromatic heterocycles. The third-order valence-electron chi connectivity index (χ3n) is 5.43. The number of aliphatic imine (C=N–C) groups is 1. The lowest BCUT2D eigenvalue weighted by Crippen LogP contribution is -2.54. The van der Waals surface area contributed by atoms with E-state index in [1.54, 1.807) is 0 Å². The van der Waals surface area contributed by atoms with Crippen LogP contribution in [0.15, 0.2) is 47.5 Å². The van der Waals surface area contributed by atoms with E-state index >= 15 is 0 Å². The maximum atomic E-state index is 14.5. The average molecular weight is 459 g/mol. The second-order valence-electron chi connectivity index (χ2n) is 7.56. The number of hydrogen-bond donors (Lipinski definition) is 1. The van der Waals surface area contributed by atoms with Gasteiger partial charge in [0.1, 0.15) is 17.2 Å². The molecular formula is C19H17F4N3O4S. The van der Waals surface area contributed by atoms with Gasteiger partial charge in [-0.3, -0.25) is 15.1 Å². The molecule has 0 saturated carbocycles. The maximum absolute atomic E-state index is 14.5. The molecule has 1 heterocycles. The highest BCUT2D eigenvalue weighted by molar-refractivity contribution is 7.93. The Bertz CT molecular complexity index is 1210. The van der Waals surface area contributed by atoms with E-state index < -0.39 is 59.9 Å². The molecule has 12 heteroatoms. The summed E-state index contributed by atoms with van der Waals surface area (Å²) in [5.74, 6) is -2.31. The lowest BCUT2D eigenvalue weighted by atomic mass is 9.91. The molecule has 31 heavy (non-hydrogen) atoms. The molecule has 0 amide bonds. The van der Waals surface area contributed by atoms with Crippen molar-refractivity contribution in [2.75, 3.05) is 5.75 Å². The third kappa shape index (κ3) is 3.64. The topological polar surface area (TPSA) is 116 Å². The summed E-state index contributed by atoms with van der Waals surface area (Å²) in [6.07, 6.45) is -4.71. The minimum Gasteiger partial charge on any atom is -0.386 e. The van der Waals surface area contributed by atoms with E-state index in [0.29, 0.717) is 6.07 Å². The summed E-state index contributed by atoms with van der Waals surface area (Å²) >= 11 is 0. The molecule has 1 aliphatic rings. The number of amidine groups is 1. The van der Waals surface area contributed by atoms with Gasteiger partial charge in [-0.15, -0.1) is 0 Å². The Morgan fingerprint density at radius 3 is 2.35 bits per heavy atom. The van der Waals surface area contributed by atoms with Gasteiger partial charge in [0.05, 0.1) is 16.2 Å². The largest absolute Gasteiger partial charge is 0.416 e. The minimum absolute atomic E-state index is 0.245. The molecule has 0 spiro atoms. The molecule has 1 aliphatic heterocycles. The van der Waals surface area contributed by atoms with Crippen LogP contribution in [0, 0.1) is 15.9 Å². The zero-order valence-electron chi connectivity index (χ0n) is 16.3. The van der Waals surface area contributed by atoms with Crippen LogP contribution in [0.25, 0.3) is 0 Å². The van der Waals surface area contributed by atoms with Crippen LogP contribution in [0.2, 0.25) is 0 Å². The second kappa shape index (κ2) is 7.01. The minimum atomic E-state index is -4.71. The quantitative estimate of drug-likeness (QED) is 0.427. The number of nitrogens with two attached hydrogens (primary N) is 1. The van der Waals surface area contributed by atoms with Crippen LogP contribution in [0.3, 0.4) is 0 Å². The van der Waals surface area contributed by atoms with Crippen molar-refractivity contribution in [1.29, 1.82) is 0 Å². The van der Waals surface area contributed by atoms with Crippen LogP contribution < -0.4 is 5.73 Å². The van der Waals surface area contributed by atoms with Crippen molar-refractivity contribution in [3.8, 4) is 0 Å². The molecule has 0 radical (unpaired) electrons. The number of rotatable bonds is 3. The van der Waals surface area contributed by atoms with Crippen molar-refractivity contribution in [3.05, 3.63) is 75.1 Å². The summed E-state index contributed by atoms with van der Waals surface area (Å²) in [6.45, 7) is 2.37. The number of nitro benzene ring substituents is 1. The summed E-state index contributed by atoms with van der Waals surface area (Å²) in [4.78, 5) is 14.4. The fourth-order valence-electron chi connectivity index (χ4n) is 3.58. The van der Waals surface area contributed by atoms with Crippen LogP contribution in [0.5, 0.6) is 0 Å². The van der Waals surface area contributed by atoms with Crippen LogP contribution in [-0.2, 0) is 26.3 Å². The Morgan fingerprint density at radius 1 is 1.16 bits per heavy atom. The van der Waals surface area contributed by atoms with Gasteiger partial charge in [0.15, 0.2) is 14.6 Å². The number of halogens is 4. The first kappa shape index (κ1) is 22.7. The number of non-ortho nitro benzene ring substituents is 1. The maximum Gasteiger partial charge on any atom is 0.416 e. The molecule has 0 aliphatic carbocycles. The van der Waals surface area contributed by atoms with Crippen LogP contribution >= 0.6 is 0 Å². The number of nitro groups is 1. The predicted molar refractivity (Wildman–Crippen MR) is 105 cm³/mol. The monoisotopic (exact) mass is 459 g/mol. The van der Waals surface area contributed by atoms with Gasteiger partial charge in [0.25, 0.3) is 5.69 Å². The zero-order chi connectivity index (χ0) is 23.4. The van der Waals surface area contributed by atoms with E-state index in [4.69, 9.17) is 5.73 Å². The Kier molecular flexibility index (Phi) is 5.12. The van der Waals surface area contributed by atoms with E-state index in [2.05, 4.69) is 4.99 Å². The molecule has 2 N–H and O–H groups in total. The van der Waals surface area contributed by atoms with E-state index in [-0.39, 0.29) is 11.1 Å². The molecule has 2 atom stereocenters. The highest BCUT2D eigenvalue weighted by Gasteiger charge is 2.53. The first-order valence-electron chi connectivity index (χ1n) is 8.82. The second-order valence-corrected chi connectivity index (χ2v) is 9.90. The molecule has 2 aromatic rings. The summed E-state index contributed by atoms with van der Waals surface area (Å²) in [6, 6.07) is 6.31. The number of hydrogen-bond acceptors (Lipinski definition) is 6. The van der Waals surface area contributed by atoms with Crippen LogP contribution in [0.4, 0.5) is 23.2 Å². The first-order chi connectivity index (χ1) is 14.1. The fourth-order valence-corrected chi connectivity index (χ4v) is 5.67. The predicted octanol–water partition coefficient (Wildman–Crippen LogP) is 3.67. The van der Waals surface area contributed by atoms with E-state index in [9.17, 15) is 36.1 Å². The molecule has 166 valence electrons. The summed E-state index contributed by atoms with van der Waals surface area (Å²) in [7, 11) is -4.35. The average Bonchev–Trinajstić information content (AvgIpc) is 2.65. The van der Waals surface area contributed by atoms with Crippen LogP contribution in [0.1, 0.15) is 30.5 Å². The summed E-state index contributed by atoms with van der Waals surface area (Å²) < 4.78 is 78.4. The molecule has 2 aromatic carbocycles. The lowest BCUT2D eigenvalue weighted by molar-refractivity contribution is -0.385. The first-order valence-corrected chi connectivity index (χ1v) is 10.5. The molecule has 0 fully saturated rings. The van der Waals surface area contributed by atoms with Gasteiger partial charge in [-0.2, -0.15) is 13.2 Å². The molecule has 0 saturated heterocycles. The standard InChI is InChI=1S/C19H17F4N3O4S/c1-17(14-9-13(26(27)28)6-7-15(14)20)10-31(29,30)18(2,16(24)25-17)11-4-3-5-12(8-11)19(21,22)23/h3-9H,10H2,1-2H3,(H2,24,25)/t17-,18+/m0/s1. The highest BCUT2D eigenvalue weighted by atomic mass is 32.2. The van der Waals surface area contributed by atoms with Crippen molar-refractivity contribution >= 4 is 21.4 Å². The Morgan fingerprint density at radius 2 is 1.81 bits per heavy atom. The zero-order valence-corrected chi connectivity index (χ0v) is 17.1. The van der Waals surface area contributed by atoms with Gasteiger partial charge < -0.3 is 5.73 Å². The molecule has 0 bridgehead atoms. The Hall–Kier alpha value is -3.02. The van der Waals surface area contributed by atoms with Gasteiger partial charge in [0, 0.05) is 17.7 Å². The number of sulfone groups is 1. The number of alkyl halides is 3. The smallest absolute Gasteiger partial charge is 0.386 e. The lowest BCUT2D eigenvalue weighted by Gasteiger charge is -2.40.